The molecule has 0 unspecified atom stereocenters. The minimum absolute atomic E-state index is 0.0986. The van der Waals surface area contributed by atoms with Gasteiger partial charge in [-0.15, -0.1) is 0 Å². The van der Waals surface area contributed by atoms with E-state index in [0.29, 0.717) is 6.61 Å². The lowest BCUT2D eigenvalue weighted by Gasteiger charge is -2.36. The molecule has 5 heteroatoms. The molecule has 2 aliphatic rings. The highest BCUT2D eigenvalue weighted by Gasteiger charge is 2.57. The molecule has 1 aromatic carbocycles. The van der Waals surface area contributed by atoms with Gasteiger partial charge in [-0.25, -0.2) is 0 Å². The number of hydrogen-bond donors (Lipinski definition) is 0. The maximum atomic E-state index is 12.3. The number of ether oxygens (including phenoxy) is 4. The fourth-order valence-corrected chi connectivity index (χ4v) is 3.17. The second-order valence-electron chi connectivity index (χ2n) is 6.52. The van der Waals surface area contributed by atoms with E-state index < -0.39 is 17.5 Å². The SMILES string of the molecule is COc1ccc(CO[C@@H]2C(=O)C=C[C@H]3OC(C)(C)O[C@@]23C)cc1. The topological polar surface area (TPSA) is 54.0 Å². The summed E-state index contributed by atoms with van der Waals surface area (Å²) in [6, 6.07) is 7.56. The zero-order valence-electron chi connectivity index (χ0n) is 13.9. The molecule has 0 amide bonds. The molecule has 1 aliphatic carbocycles. The molecule has 1 fully saturated rings. The van der Waals surface area contributed by atoms with Gasteiger partial charge in [-0.1, -0.05) is 12.1 Å². The standard InChI is InChI=1S/C18H22O5/c1-17(2)22-15-10-9-14(19)16(18(15,3)23-17)21-11-12-5-7-13(20-4)8-6-12/h5-10,15-16H,11H2,1-4H3/t15-,16-,18-/m1/s1. The van der Waals surface area contributed by atoms with Crippen LogP contribution in [0.5, 0.6) is 5.75 Å². The van der Waals surface area contributed by atoms with Crippen LogP contribution < -0.4 is 4.74 Å². The second-order valence-corrected chi connectivity index (χ2v) is 6.52. The van der Waals surface area contributed by atoms with Crippen molar-refractivity contribution in [3.8, 4) is 5.75 Å². The monoisotopic (exact) mass is 318 g/mol. The predicted molar refractivity (Wildman–Crippen MR) is 84.2 cm³/mol. The first kappa shape index (κ1) is 16.2. The summed E-state index contributed by atoms with van der Waals surface area (Å²) in [4.78, 5) is 12.3. The molecule has 1 saturated heterocycles. The van der Waals surface area contributed by atoms with Crippen LogP contribution in [-0.4, -0.2) is 36.5 Å². The Labute approximate surface area is 136 Å². The van der Waals surface area contributed by atoms with Crippen molar-refractivity contribution in [3.63, 3.8) is 0 Å². The minimum atomic E-state index is -0.818. The fraction of sp³-hybridized carbons (Fsp3) is 0.500. The highest BCUT2D eigenvalue weighted by molar-refractivity contribution is 5.96. The van der Waals surface area contributed by atoms with Crippen molar-refractivity contribution in [2.24, 2.45) is 0 Å². The van der Waals surface area contributed by atoms with Crippen molar-refractivity contribution in [1.82, 2.24) is 0 Å². The normalized spacial score (nSPS) is 31.9. The number of hydrogen-bond acceptors (Lipinski definition) is 5. The van der Waals surface area contributed by atoms with Gasteiger partial charge in [0.2, 0.25) is 0 Å². The summed E-state index contributed by atoms with van der Waals surface area (Å²) < 4.78 is 22.9. The van der Waals surface area contributed by atoms with Crippen LogP contribution >= 0.6 is 0 Å². The lowest BCUT2D eigenvalue weighted by atomic mass is 9.85. The van der Waals surface area contributed by atoms with Crippen LogP contribution in [0.3, 0.4) is 0 Å². The van der Waals surface area contributed by atoms with Gasteiger partial charge >= 0.3 is 0 Å². The minimum Gasteiger partial charge on any atom is -0.497 e. The molecule has 0 radical (unpaired) electrons. The third-order valence-electron chi connectivity index (χ3n) is 4.23. The van der Waals surface area contributed by atoms with E-state index in [1.807, 2.05) is 45.0 Å². The summed E-state index contributed by atoms with van der Waals surface area (Å²) in [5.74, 6) is -0.0545. The Morgan fingerprint density at radius 3 is 2.52 bits per heavy atom. The van der Waals surface area contributed by atoms with Crippen LogP contribution in [0.15, 0.2) is 36.4 Å². The lowest BCUT2D eigenvalue weighted by Crippen LogP contribution is -2.54. The zero-order chi connectivity index (χ0) is 16.7. The quantitative estimate of drug-likeness (QED) is 0.854. The van der Waals surface area contributed by atoms with Gasteiger partial charge in [-0.2, -0.15) is 0 Å². The van der Waals surface area contributed by atoms with Crippen molar-refractivity contribution in [2.45, 2.75) is 51.0 Å². The third-order valence-corrected chi connectivity index (χ3v) is 4.23. The summed E-state index contributed by atoms with van der Waals surface area (Å²) in [5.41, 5.74) is 0.147. The molecular formula is C18H22O5. The Balaban J connectivity index is 1.75. The van der Waals surface area contributed by atoms with Gasteiger partial charge in [-0.05, 0) is 50.6 Å². The van der Waals surface area contributed by atoms with E-state index in [1.165, 1.54) is 6.08 Å². The first-order valence-electron chi connectivity index (χ1n) is 7.69. The molecule has 1 heterocycles. The van der Waals surface area contributed by atoms with Crippen molar-refractivity contribution in [2.75, 3.05) is 7.11 Å². The van der Waals surface area contributed by atoms with Crippen LogP contribution in [0.25, 0.3) is 0 Å². The molecule has 0 spiro atoms. The van der Waals surface area contributed by atoms with E-state index in [-0.39, 0.29) is 11.9 Å². The van der Waals surface area contributed by atoms with E-state index in [2.05, 4.69) is 0 Å². The highest BCUT2D eigenvalue weighted by atomic mass is 16.8. The number of carbonyl (C=O) groups excluding carboxylic acids is 1. The van der Waals surface area contributed by atoms with E-state index in [4.69, 9.17) is 18.9 Å². The summed E-state index contributed by atoms with van der Waals surface area (Å²) in [6.45, 7) is 5.87. The largest absolute Gasteiger partial charge is 0.497 e. The van der Waals surface area contributed by atoms with Crippen LogP contribution in [0, 0.1) is 0 Å². The van der Waals surface area contributed by atoms with Crippen molar-refractivity contribution in [1.29, 1.82) is 0 Å². The maximum Gasteiger partial charge on any atom is 0.187 e. The number of rotatable bonds is 4. The van der Waals surface area contributed by atoms with Gasteiger partial charge in [0.25, 0.3) is 0 Å². The first-order valence-corrected chi connectivity index (χ1v) is 7.69. The molecule has 1 aromatic rings. The van der Waals surface area contributed by atoms with Crippen LogP contribution in [-0.2, 0) is 25.6 Å². The molecule has 5 nitrogen and oxygen atoms in total. The molecule has 0 N–H and O–H groups in total. The van der Waals surface area contributed by atoms with E-state index in [9.17, 15) is 4.79 Å². The number of carbonyl (C=O) groups is 1. The molecular weight excluding hydrogens is 296 g/mol. The zero-order valence-corrected chi connectivity index (χ0v) is 13.9. The second kappa shape index (κ2) is 5.74. The number of ketones is 1. The molecule has 124 valence electrons. The number of benzene rings is 1. The van der Waals surface area contributed by atoms with E-state index in [1.54, 1.807) is 13.2 Å². The Morgan fingerprint density at radius 2 is 1.87 bits per heavy atom. The molecule has 1 aliphatic heterocycles. The first-order chi connectivity index (χ1) is 10.8. The van der Waals surface area contributed by atoms with E-state index in [0.717, 1.165) is 11.3 Å². The van der Waals surface area contributed by atoms with Gasteiger partial charge < -0.3 is 18.9 Å². The van der Waals surface area contributed by atoms with Crippen molar-refractivity contribution < 1.29 is 23.7 Å². The van der Waals surface area contributed by atoms with Crippen LogP contribution in [0.4, 0.5) is 0 Å². The summed E-state index contributed by atoms with van der Waals surface area (Å²) in [5, 5.41) is 0. The maximum absolute atomic E-state index is 12.3. The molecule has 3 atom stereocenters. The van der Waals surface area contributed by atoms with E-state index >= 15 is 0 Å². The molecule has 0 aromatic heterocycles. The summed E-state index contributed by atoms with van der Waals surface area (Å²) >= 11 is 0. The van der Waals surface area contributed by atoms with Crippen LogP contribution in [0.2, 0.25) is 0 Å². The number of fused-ring (bicyclic) bond motifs is 1. The number of methoxy groups -OCH3 is 1. The molecule has 0 saturated carbocycles. The third kappa shape index (κ3) is 3.04. The Morgan fingerprint density at radius 1 is 1.17 bits per heavy atom. The Hall–Kier alpha value is -1.69. The Bertz CT molecular complexity index is 619. The van der Waals surface area contributed by atoms with Gasteiger partial charge in [0.05, 0.1) is 13.7 Å². The van der Waals surface area contributed by atoms with Crippen molar-refractivity contribution in [3.05, 3.63) is 42.0 Å². The molecule has 3 rings (SSSR count). The average molecular weight is 318 g/mol. The van der Waals surface area contributed by atoms with Crippen LogP contribution in [0.1, 0.15) is 26.3 Å². The highest BCUT2D eigenvalue weighted by Crippen LogP contribution is 2.42. The lowest BCUT2D eigenvalue weighted by molar-refractivity contribution is -0.189. The average Bonchev–Trinajstić information content (AvgIpc) is 2.75. The fourth-order valence-electron chi connectivity index (χ4n) is 3.17. The van der Waals surface area contributed by atoms with Gasteiger partial charge in [-0.3, -0.25) is 4.79 Å². The predicted octanol–water partition coefficient (Wildman–Crippen LogP) is 2.63. The van der Waals surface area contributed by atoms with Crippen molar-refractivity contribution >= 4 is 5.78 Å². The Kier molecular flexibility index (Phi) is 4.04. The van der Waals surface area contributed by atoms with Gasteiger partial charge in [0, 0.05) is 0 Å². The summed E-state index contributed by atoms with van der Waals surface area (Å²) in [7, 11) is 1.62. The summed E-state index contributed by atoms with van der Waals surface area (Å²) in [6.07, 6.45) is 2.29. The van der Waals surface area contributed by atoms with Gasteiger partial charge in [0.15, 0.2) is 17.7 Å². The smallest absolute Gasteiger partial charge is 0.187 e. The molecule has 23 heavy (non-hydrogen) atoms. The van der Waals surface area contributed by atoms with Gasteiger partial charge in [0.1, 0.15) is 17.5 Å². The molecule has 0 bridgehead atoms.